The number of hydrogen-bond donors (Lipinski definition) is 1. The fourth-order valence-electron chi connectivity index (χ4n) is 3.28. The van der Waals surface area contributed by atoms with Gasteiger partial charge in [0.1, 0.15) is 5.75 Å². The van der Waals surface area contributed by atoms with Gasteiger partial charge in [-0.1, -0.05) is 71.0 Å². The maximum atomic E-state index is 12.6. The predicted molar refractivity (Wildman–Crippen MR) is 117 cm³/mol. The zero-order valence-electron chi connectivity index (χ0n) is 18.2. The van der Waals surface area contributed by atoms with Gasteiger partial charge in [0.2, 0.25) is 5.91 Å². The average molecular weight is 382 g/mol. The van der Waals surface area contributed by atoms with E-state index in [9.17, 15) is 4.79 Å². The second-order valence-corrected chi connectivity index (χ2v) is 8.97. The van der Waals surface area contributed by atoms with Crippen LogP contribution in [0.25, 0.3) is 0 Å². The molecule has 0 aliphatic rings. The zero-order valence-corrected chi connectivity index (χ0v) is 18.2. The lowest BCUT2D eigenvalue weighted by atomic mass is 9.86. The van der Waals surface area contributed by atoms with Gasteiger partial charge in [0, 0.05) is 6.42 Å². The highest BCUT2D eigenvalue weighted by Gasteiger charge is 2.17. The molecular weight excluding hydrogens is 346 g/mol. The number of ether oxygens (including phenoxy) is 1. The molecule has 0 aromatic heterocycles. The summed E-state index contributed by atoms with van der Waals surface area (Å²) in [5, 5.41) is 3.23. The highest BCUT2D eigenvalue weighted by Crippen LogP contribution is 2.24. The van der Waals surface area contributed by atoms with Crippen LogP contribution in [0.4, 0.5) is 0 Å². The van der Waals surface area contributed by atoms with Crippen LogP contribution in [0.3, 0.4) is 0 Å². The van der Waals surface area contributed by atoms with Gasteiger partial charge in [-0.3, -0.25) is 4.79 Å². The zero-order chi connectivity index (χ0) is 20.7. The summed E-state index contributed by atoms with van der Waals surface area (Å²) in [4.78, 5) is 12.6. The third kappa shape index (κ3) is 6.70. The Hall–Kier alpha value is -2.29. The van der Waals surface area contributed by atoms with Crippen molar-refractivity contribution in [1.29, 1.82) is 0 Å². The predicted octanol–water partition coefficient (Wildman–Crippen LogP) is 5.83. The molecule has 1 atom stereocenters. The summed E-state index contributed by atoms with van der Waals surface area (Å²) in [5.41, 5.74) is 3.79. The second-order valence-electron chi connectivity index (χ2n) is 8.97. The van der Waals surface area contributed by atoms with Gasteiger partial charge in [-0.25, -0.2) is 0 Å². The number of carbonyl (C=O) groups excluding carboxylic acids is 1. The lowest BCUT2D eigenvalue weighted by Crippen LogP contribution is -2.29. The minimum atomic E-state index is 0.0293. The van der Waals surface area contributed by atoms with E-state index >= 15 is 0 Å². The topological polar surface area (TPSA) is 38.3 Å². The van der Waals surface area contributed by atoms with E-state index in [4.69, 9.17) is 4.74 Å². The molecule has 1 amide bonds. The first-order valence-electron chi connectivity index (χ1n) is 10.2. The Morgan fingerprint density at radius 1 is 1.00 bits per heavy atom. The summed E-state index contributed by atoms with van der Waals surface area (Å²) in [6, 6.07) is 16.6. The van der Waals surface area contributed by atoms with E-state index in [2.05, 4.69) is 64.2 Å². The van der Waals surface area contributed by atoms with Crippen LogP contribution in [0.5, 0.6) is 5.75 Å². The van der Waals surface area contributed by atoms with Crippen LogP contribution in [-0.4, -0.2) is 13.0 Å². The Morgan fingerprint density at radius 2 is 1.61 bits per heavy atom. The number of benzene rings is 2. The Bertz CT molecular complexity index is 740. The molecule has 152 valence electrons. The van der Waals surface area contributed by atoms with Crippen molar-refractivity contribution in [3.8, 4) is 5.75 Å². The number of aryl methyl sites for hydroxylation is 1. The molecule has 0 unspecified atom stereocenters. The Morgan fingerprint density at radius 3 is 2.11 bits per heavy atom. The van der Waals surface area contributed by atoms with E-state index in [1.54, 1.807) is 7.11 Å². The lowest BCUT2D eigenvalue weighted by Gasteiger charge is -2.22. The summed E-state index contributed by atoms with van der Waals surface area (Å²) >= 11 is 0. The SMILES string of the molecule is COc1ccc([C@@H](CC(C)C)NC(=O)CCc2ccc(C(C)(C)C)cc2)cc1. The van der Waals surface area contributed by atoms with Gasteiger partial charge in [0.05, 0.1) is 13.2 Å². The summed E-state index contributed by atoms with van der Waals surface area (Å²) < 4.78 is 5.24. The first-order chi connectivity index (χ1) is 13.2. The van der Waals surface area contributed by atoms with Crippen LogP contribution in [0.2, 0.25) is 0 Å². The average Bonchev–Trinajstić information content (AvgIpc) is 2.65. The minimum Gasteiger partial charge on any atom is -0.497 e. The number of nitrogens with one attached hydrogen (secondary N) is 1. The van der Waals surface area contributed by atoms with Crippen LogP contribution >= 0.6 is 0 Å². The maximum absolute atomic E-state index is 12.6. The van der Waals surface area contributed by atoms with Crippen molar-refractivity contribution in [3.63, 3.8) is 0 Å². The number of hydrogen-bond acceptors (Lipinski definition) is 2. The Kier molecular flexibility index (Phi) is 7.68. The molecule has 0 saturated heterocycles. The highest BCUT2D eigenvalue weighted by atomic mass is 16.5. The molecule has 0 fully saturated rings. The third-order valence-corrected chi connectivity index (χ3v) is 5.02. The van der Waals surface area contributed by atoms with Crippen LogP contribution in [-0.2, 0) is 16.6 Å². The van der Waals surface area contributed by atoms with E-state index < -0.39 is 0 Å². The van der Waals surface area contributed by atoms with Crippen LogP contribution in [0.15, 0.2) is 48.5 Å². The summed E-state index contributed by atoms with van der Waals surface area (Å²) in [7, 11) is 1.66. The van der Waals surface area contributed by atoms with Crippen molar-refractivity contribution >= 4 is 5.91 Å². The van der Waals surface area contributed by atoms with Crippen LogP contribution in [0, 0.1) is 5.92 Å². The van der Waals surface area contributed by atoms with Gasteiger partial charge >= 0.3 is 0 Å². The van der Waals surface area contributed by atoms with E-state index in [1.165, 1.54) is 11.1 Å². The monoisotopic (exact) mass is 381 g/mol. The first kappa shape index (κ1) is 22.0. The van der Waals surface area contributed by atoms with Crippen molar-refractivity contribution in [1.82, 2.24) is 5.32 Å². The Labute approximate surface area is 170 Å². The van der Waals surface area contributed by atoms with Gasteiger partial charge in [-0.05, 0) is 53.0 Å². The van der Waals surface area contributed by atoms with Crippen molar-refractivity contribution in [2.45, 2.75) is 65.3 Å². The van der Waals surface area contributed by atoms with Crippen molar-refractivity contribution in [3.05, 3.63) is 65.2 Å². The van der Waals surface area contributed by atoms with E-state index in [0.29, 0.717) is 12.3 Å². The number of methoxy groups -OCH3 is 1. The standard InChI is InChI=1S/C25H35NO2/c1-18(2)17-23(20-10-14-22(28-6)15-11-20)26-24(27)16-9-19-7-12-21(13-8-19)25(3,4)5/h7-8,10-15,18,23H,9,16-17H2,1-6H3,(H,26,27)/t23-/m1/s1. The van der Waals surface area contributed by atoms with Gasteiger partial charge < -0.3 is 10.1 Å². The van der Waals surface area contributed by atoms with Crippen LogP contribution in [0.1, 0.15) is 70.2 Å². The fourth-order valence-corrected chi connectivity index (χ4v) is 3.28. The molecule has 0 radical (unpaired) electrons. The maximum Gasteiger partial charge on any atom is 0.220 e. The molecule has 0 heterocycles. The molecule has 3 nitrogen and oxygen atoms in total. The molecule has 28 heavy (non-hydrogen) atoms. The van der Waals surface area contributed by atoms with Gasteiger partial charge in [-0.2, -0.15) is 0 Å². The first-order valence-corrected chi connectivity index (χ1v) is 10.2. The summed E-state index contributed by atoms with van der Waals surface area (Å²) in [6.07, 6.45) is 2.17. The van der Waals surface area contributed by atoms with Crippen molar-refractivity contribution in [2.75, 3.05) is 7.11 Å². The molecule has 1 N–H and O–H groups in total. The van der Waals surface area contributed by atoms with Gasteiger partial charge in [0.15, 0.2) is 0 Å². The minimum absolute atomic E-state index is 0.0293. The number of carbonyl (C=O) groups is 1. The lowest BCUT2D eigenvalue weighted by molar-refractivity contribution is -0.121. The van der Waals surface area contributed by atoms with Crippen molar-refractivity contribution < 1.29 is 9.53 Å². The van der Waals surface area contributed by atoms with Crippen molar-refractivity contribution in [2.24, 2.45) is 5.92 Å². The molecular formula is C25H35NO2. The summed E-state index contributed by atoms with van der Waals surface area (Å²) in [5.74, 6) is 1.43. The molecule has 0 aliphatic heterocycles. The van der Waals surface area contributed by atoms with Crippen LogP contribution < -0.4 is 10.1 Å². The molecule has 2 rings (SSSR count). The van der Waals surface area contributed by atoms with E-state index in [-0.39, 0.29) is 17.4 Å². The molecule has 0 saturated carbocycles. The molecule has 2 aromatic rings. The molecule has 3 heteroatoms. The molecule has 0 spiro atoms. The quantitative estimate of drug-likeness (QED) is 0.625. The molecule has 0 aliphatic carbocycles. The normalized spacial score (nSPS) is 12.7. The molecule has 0 bridgehead atoms. The van der Waals surface area contributed by atoms with Gasteiger partial charge in [-0.15, -0.1) is 0 Å². The third-order valence-electron chi connectivity index (χ3n) is 5.02. The van der Waals surface area contributed by atoms with Gasteiger partial charge in [0.25, 0.3) is 0 Å². The largest absolute Gasteiger partial charge is 0.497 e. The second kappa shape index (κ2) is 9.77. The highest BCUT2D eigenvalue weighted by molar-refractivity contribution is 5.76. The summed E-state index contributed by atoms with van der Waals surface area (Å²) in [6.45, 7) is 11.0. The van der Waals surface area contributed by atoms with E-state index in [1.807, 2.05) is 24.3 Å². The number of amides is 1. The van der Waals surface area contributed by atoms with E-state index in [0.717, 1.165) is 24.2 Å². The molecule has 2 aromatic carbocycles. The Balaban J connectivity index is 1.97. The fraction of sp³-hybridized carbons (Fsp3) is 0.480. The number of rotatable bonds is 8. The smallest absolute Gasteiger partial charge is 0.220 e.